The van der Waals surface area contributed by atoms with Gasteiger partial charge in [0.2, 0.25) is 0 Å². The fourth-order valence-electron chi connectivity index (χ4n) is 3.84. The van der Waals surface area contributed by atoms with Crippen LogP contribution in [0.3, 0.4) is 0 Å². The van der Waals surface area contributed by atoms with Crippen LogP contribution in [0.4, 0.5) is 0 Å². The van der Waals surface area contributed by atoms with Crippen LogP contribution in [-0.4, -0.2) is 53.6 Å². The molecule has 3 aromatic rings. The van der Waals surface area contributed by atoms with Gasteiger partial charge in [-0.15, -0.1) is 11.6 Å². The fourth-order valence-corrected chi connectivity index (χ4v) is 5.06. The molecule has 0 unspecified atom stereocenters. The van der Waals surface area contributed by atoms with E-state index < -0.39 is 53.6 Å². The van der Waals surface area contributed by atoms with E-state index in [-0.39, 0.29) is 0 Å². The molecule has 0 bridgehead atoms. The van der Waals surface area contributed by atoms with Crippen molar-refractivity contribution in [2.75, 3.05) is 5.88 Å². The molecule has 4 rings (SSSR count). The smallest absolute Gasteiger partial charge is 0.338 e. The molecule has 192 valence electrons. The molecule has 1 fully saturated rings. The van der Waals surface area contributed by atoms with Gasteiger partial charge in [0.1, 0.15) is 11.3 Å². The summed E-state index contributed by atoms with van der Waals surface area (Å²) in [6.07, 6.45) is -4.05. The molecule has 1 heterocycles. The lowest BCUT2D eigenvalue weighted by atomic mass is 9.99. The van der Waals surface area contributed by atoms with Crippen molar-refractivity contribution >= 4 is 41.3 Å². The maximum absolute atomic E-state index is 13.1. The van der Waals surface area contributed by atoms with Gasteiger partial charge in [-0.05, 0) is 43.3 Å². The first-order valence-corrected chi connectivity index (χ1v) is 13.0. The first kappa shape index (κ1) is 26.7. The highest BCUT2D eigenvalue weighted by Crippen LogP contribution is 2.37. The minimum Gasteiger partial charge on any atom is -0.455 e. The van der Waals surface area contributed by atoms with Gasteiger partial charge in [0, 0.05) is 4.90 Å². The van der Waals surface area contributed by atoms with Crippen LogP contribution in [-0.2, 0) is 23.7 Å². The van der Waals surface area contributed by atoms with Crippen molar-refractivity contribution in [2.24, 2.45) is 0 Å². The van der Waals surface area contributed by atoms with Crippen molar-refractivity contribution in [3.8, 4) is 0 Å². The number of alkyl halides is 1. The Hall–Kier alpha value is -3.33. The molecule has 1 aliphatic rings. The summed E-state index contributed by atoms with van der Waals surface area (Å²) in [5.74, 6) is -2.41. The lowest BCUT2D eigenvalue weighted by Gasteiger charge is -2.43. The Morgan fingerprint density at radius 2 is 1.22 bits per heavy atom. The molecule has 9 heteroatoms. The number of hydrogen-bond donors (Lipinski definition) is 0. The van der Waals surface area contributed by atoms with Crippen LogP contribution in [0.2, 0.25) is 0 Å². The Balaban J connectivity index is 1.70. The van der Waals surface area contributed by atoms with E-state index in [2.05, 4.69) is 0 Å². The van der Waals surface area contributed by atoms with E-state index in [4.69, 9.17) is 30.5 Å². The van der Waals surface area contributed by atoms with Crippen LogP contribution in [0.1, 0.15) is 27.6 Å². The van der Waals surface area contributed by atoms with Crippen LogP contribution in [0.15, 0.2) is 95.9 Å². The van der Waals surface area contributed by atoms with Crippen molar-refractivity contribution in [2.45, 2.75) is 41.7 Å². The average molecular weight is 541 g/mol. The molecule has 1 saturated heterocycles. The molecule has 37 heavy (non-hydrogen) atoms. The third-order valence-electron chi connectivity index (χ3n) is 5.60. The second-order valence-corrected chi connectivity index (χ2v) is 9.64. The zero-order chi connectivity index (χ0) is 26.2. The highest BCUT2D eigenvalue weighted by molar-refractivity contribution is 7.99. The van der Waals surface area contributed by atoms with Gasteiger partial charge in [-0.1, -0.05) is 66.4 Å². The fraction of sp³-hybridized carbons (Fsp3) is 0.250. The SMILES string of the molecule is C[C@H]1O[C@@H](Sc2ccccc2)[C@H](OC(=O)c2ccccc2)[C@@H](OC(=O)c2ccccc2)[C@H]1OC(=O)CCl. The number of thioether (sulfide) groups is 1. The predicted octanol–water partition coefficient (Wildman–Crippen LogP) is 5.13. The molecule has 3 aromatic carbocycles. The largest absolute Gasteiger partial charge is 0.455 e. The normalized spacial score (nSPS) is 23.0. The van der Waals surface area contributed by atoms with Gasteiger partial charge < -0.3 is 18.9 Å². The monoisotopic (exact) mass is 540 g/mol. The Labute approximate surface area is 224 Å². The third-order valence-corrected chi connectivity index (χ3v) is 6.98. The minimum atomic E-state index is -1.17. The molecular formula is C28H25ClO7S. The summed E-state index contributed by atoms with van der Waals surface area (Å²) in [5.41, 5.74) is -0.166. The summed E-state index contributed by atoms with van der Waals surface area (Å²) in [7, 11) is 0. The van der Waals surface area contributed by atoms with Crippen LogP contribution in [0, 0.1) is 0 Å². The first-order chi connectivity index (χ1) is 18.0. The van der Waals surface area contributed by atoms with E-state index in [9.17, 15) is 14.4 Å². The molecule has 1 aliphatic heterocycles. The van der Waals surface area contributed by atoms with Gasteiger partial charge in [0.25, 0.3) is 0 Å². The molecule has 5 atom stereocenters. The van der Waals surface area contributed by atoms with Gasteiger partial charge in [0.15, 0.2) is 18.3 Å². The molecule has 0 saturated carbocycles. The second-order valence-electron chi connectivity index (χ2n) is 8.20. The van der Waals surface area contributed by atoms with E-state index in [1.165, 1.54) is 11.8 Å². The molecule has 0 spiro atoms. The summed E-state index contributed by atoms with van der Waals surface area (Å²) in [4.78, 5) is 39.3. The topological polar surface area (TPSA) is 88.1 Å². The van der Waals surface area contributed by atoms with Gasteiger partial charge >= 0.3 is 17.9 Å². The number of carbonyl (C=O) groups is 3. The zero-order valence-electron chi connectivity index (χ0n) is 19.9. The summed E-state index contributed by atoms with van der Waals surface area (Å²) in [6.45, 7) is 1.70. The Kier molecular flexibility index (Phi) is 9.22. The lowest BCUT2D eigenvalue weighted by Crippen LogP contribution is -2.60. The Morgan fingerprint density at radius 3 is 1.73 bits per heavy atom. The Morgan fingerprint density at radius 1 is 0.730 bits per heavy atom. The molecule has 0 amide bonds. The molecule has 0 aliphatic carbocycles. The Bertz CT molecular complexity index is 1190. The standard InChI is InChI=1S/C28H25ClO7S/c1-18-23(34-22(30)17-29)24(35-26(31)19-11-5-2-6-12-19)25(36-27(32)20-13-7-3-8-14-20)28(33-18)37-21-15-9-4-10-16-21/h2-16,18,23-25,28H,17H2,1H3/t18-,23+,24+,25-,28+/m1/s1. The van der Waals surface area contributed by atoms with Crippen molar-refractivity contribution in [1.29, 1.82) is 0 Å². The minimum absolute atomic E-state index is 0.296. The van der Waals surface area contributed by atoms with E-state index in [1.54, 1.807) is 67.6 Å². The number of ether oxygens (including phenoxy) is 4. The highest BCUT2D eigenvalue weighted by Gasteiger charge is 2.51. The van der Waals surface area contributed by atoms with Crippen LogP contribution >= 0.6 is 23.4 Å². The van der Waals surface area contributed by atoms with Crippen LogP contribution in [0.5, 0.6) is 0 Å². The highest BCUT2D eigenvalue weighted by atomic mass is 35.5. The molecule has 7 nitrogen and oxygen atoms in total. The summed E-state index contributed by atoms with van der Waals surface area (Å²) >= 11 is 7.00. The maximum atomic E-state index is 13.1. The predicted molar refractivity (Wildman–Crippen MR) is 139 cm³/mol. The van der Waals surface area contributed by atoms with Gasteiger partial charge in [-0.2, -0.15) is 0 Å². The van der Waals surface area contributed by atoms with E-state index in [0.717, 1.165) is 4.90 Å². The maximum Gasteiger partial charge on any atom is 0.338 e. The molecular weight excluding hydrogens is 516 g/mol. The summed E-state index contributed by atoms with van der Waals surface area (Å²) in [6, 6.07) is 26.2. The van der Waals surface area contributed by atoms with E-state index >= 15 is 0 Å². The summed E-state index contributed by atoms with van der Waals surface area (Å²) in [5, 5.41) is 0. The number of benzene rings is 3. The first-order valence-electron chi connectivity index (χ1n) is 11.6. The van der Waals surface area contributed by atoms with Crippen LogP contribution in [0.25, 0.3) is 0 Å². The van der Waals surface area contributed by atoms with Gasteiger partial charge in [0.05, 0.1) is 17.2 Å². The zero-order valence-corrected chi connectivity index (χ0v) is 21.5. The van der Waals surface area contributed by atoms with Crippen molar-refractivity contribution in [1.82, 2.24) is 0 Å². The van der Waals surface area contributed by atoms with Crippen LogP contribution < -0.4 is 0 Å². The quantitative estimate of drug-likeness (QED) is 0.221. The van der Waals surface area contributed by atoms with Crippen molar-refractivity contribution < 1.29 is 33.3 Å². The number of rotatable bonds is 8. The van der Waals surface area contributed by atoms with Crippen molar-refractivity contribution in [3.05, 3.63) is 102 Å². The number of carbonyl (C=O) groups excluding carboxylic acids is 3. The lowest BCUT2D eigenvalue weighted by molar-refractivity contribution is -0.210. The average Bonchev–Trinajstić information content (AvgIpc) is 2.93. The van der Waals surface area contributed by atoms with Crippen molar-refractivity contribution in [3.63, 3.8) is 0 Å². The summed E-state index contributed by atoms with van der Waals surface area (Å²) < 4.78 is 23.5. The number of halogens is 1. The van der Waals surface area contributed by atoms with Gasteiger partial charge in [-0.25, -0.2) is 9.59 Å². The van der Waals surface area contributed by atoms with E-state index in [1.807, 2.05) is 30.3 Å². The second kappa shape index (κ2) is 12.8. The third kappa shape index (κ3) is 6.91. The number of hydrogen-bond acceptors (Lipinski definition) is 8. The van der Waals surface area contributed by atoms with Gasteiger partial charge in [-0.3, -0.25) is 4.79 Å². The molecule has 0 N–H and O–H groups in total. The molecule has 0 radical (unpaired) electrons. The number of esters is 3. The molecule has 0 aromatic heterocycles. The van der Waals surface area contributed by atoms with E-state index in [0.29, 0.717) is 11.1 Å².